The molecule has 0 spiro atoms. The van der Waals surface area contributed by atoms with Gasteiger partial charge in [0.2, 0.25) is 0 Å². The molecule has 1 heterocycles. The van der Waals surface area contributed by atoms with Crippen LogP contribution in [0.2, 0.25) is 0 Å². The number of alkyl halides is 3. The van der Waals surface area contributed by atoms with Crippen molar-refractivity contribution in [2.45, 2.75) is 45.3 Å². The molecule has 2 nitrogen and oxygen atoms in total. The molecular formula is C14H25F3N2. The van der Waals surface area contributed by atoms with Gasteiger partial charge in [-0.25, -0.2) is 0 Å². The van der Waals surface area contributed by atoms with Crippen LogP contribution in [0, 0.1) is 17.8 Å². The summed E-state index contributed by atoms with van der Waals surface area (Å²) in [6.07, 6.45) is -0.559. The van der Waals surface area contributed by atoms with Crippen molar-refractivity contribution in [2.75, 3.05) is 26.2 Å². The monoisotopic (exact) mass is 278 g/mol. The molecule has 2 atom stereocenters. The van der Waals surface area contributed by atoms with E-state index in [1.54, 1.807) is 0 Å². The standard InChI is InChI=1S/C14H25F3N2/c1-10(2)13(12-3-4-12)18-7-11-5-6-19(8-11)9-14(15,16)17/h10-13,18H,3-9H2,1-2H3/t11-,13-/m1/s1. The normalized spacial score (nSPS) is 27.2. The number of halogens is 3. The van der Waals surface area contributed by atoms with Gasteiger partial charge >= 0.3 is 6.18 Å². The first-order valence-corrected chi connectivity index (χ1v) is 7.37. The third kappa shape index (κ3) is 4.95. The van der Waals surface area contributed by atoms with E-state index < -0.39 is 12.7 Å². The second-order valence-electron chi connectivity index (χ2n) is 6.52. The number of likely N-dealkylation sites (tertiary alicyclic amines) is 1. The third-order valence-corrected chi connectivity index (χ3v) is 4.26. The summed E-state index contributed by atoms with van der Waals surface area (Å²) < 4.78 is 36.9. The first-order valence-electron chi connectivity index (χ1n) is 7.37. The Morgan fingerprint density at radius 1 is 1.21 bits per heavy atom. The van der Waals surface area contributed by atoms with Gasteiger partial charge in [0.05, 0.1) is 6.54 Å². The van der Waals surface area contributed by atoms with Crippen molar-refractivity contribution in [1.82, 2.24) is 10.2 Å². The molecule has 1 saturated carbocycles. The van der Waals surface area contributed by atoms with Crippen LogP contribution in [0.1, 0.15) is 33.1 Å². The summed E-state index contributed by atoms with van der Waals surface area (Å²) in [6.45, 7) is 5.73. The van der Waals surface area contributed by atoms with Gasteiger partial charge in [0.1, 0.15) is 0 Å². The smallest absolute Gasteiger partial charge is 0.313 e. The fourth-order valence-corrected chi connectivity index (χ4v) is 3.18. The maximum atomic E-state index is 12.3. The van der Waals surface area contributed by atoms with Crippen molar-refractivity contribution >= 4 is 0 Å². The molecule has 1 N–H and O–H groups in total. The van der Waals surface area contributed by atoms with Gasteiger partial charge in [-0.15, -0.1) is 0 Å². The van der Waals surface area contributed by atoms with E-state index >= 15 is 0 Å². The minimum absolute atomic E-state index is 0.377. The Kier molecular flexibility index (Phi) is 4.77. The van der Waals surface area contributed by atoms with E-state index in [-0.39, 0.29) is 0 Å². The van der Waals surface area contributed by atoms with Crippen molar-refractivity contribution in [3.05, 3.63) is 0 Å². The van der Waals surface area contributed by atoms with Crippen LogP contribution >= 0.6 is 0 Å². The quantitative estimate of drug-likeness (QED) is 0.803. The van der Waals surface area contributed by atoms with Crippen molar-refractivity contribution in [3.63, 3.8) is 0 Å². The van der Waals surface area contributed by atoms with Gasteiger partial charge in [0, 0.05) is 12.6 Å². The molecule has 0 amide bonds. The van der Waals surface area contributed by atoms with E-state index in [0.29, 0.717) is 31.0 Å². The maximum absolute atomic E-state index is 12.3. The summed E-state index contributed by atoms with van der Waals surface area (Å²) in [4.78, 5) is 1.54. The molecule has 1 aliphatic carbocycles. The van der Waals surface area contributed by atoms with Gasteiger partial charge in [-0.3, -0.25) is 4.90 Å². The molecule has 0 aromatic heterocycles. The van der Waals surface area contributed by atoms with Crippen LogP contribution in [0.3, 0.4) is 0 Å². The molecule has 1 saturated heterocycles. The minimum Gasteiger partial charge on any atom is -0.313 e. The van der Waals surface area contributed by atoms with Crippen LogP contribution < -0.4 is 5.32 Å². The number of hydrogen-bond donors (Lipinski definition) is 1. The highest BCUT2D eigenvalue weighted by Crippen LogP contribution is 2.35. The number of rotatable bonds is 6. The zero-order chi connectivity index (χ0) is 14.0. The Morgan fingerprint density at radius 3 is 2.42 bits per heavy atom. The summed E-state index contributed by atoms with van der Waals surface area (Å²) in [5.74, 6) is 1.79. The lowest BCUT2D eigenvalue weighted by Crippen LogP contribution is -2.40. The Balaban J connectivity index is 1.70. The van der Waals surface area contributed by atoms with Crippen LogP contribution in [-0.2, 0) is 0 Å². The lowest BCUT2D eigenvalue weighted by Gasteiger charge is -2.24. The summed E-state index contributed by atoms with van der Waals surface area (Å²) in [5, 5.41) is 3.60. The number of hydrogen-bond acceptors (Lipinski definition) is 2. The molecule has 2 fully saturated rings. The van der Waals surface area contributed by atoms with Gasteiger partial charge < -0.3 is 5.32 Å². The van der Waals surface area contributed by atoms with E-state index in [4.69, 9.17) is 0 Å². The Labute approximate surface area is 113 Å². The van der Waals surface area contributed by atoms with E-state index in [9.17, 15) is 13.2 Å². The fourth-order valence-electron chi connectivity index (χ4n) is 3.18. The molecule has 2 rings (SSSR count). The van der Waals surface area contributed by atoms with Gasteiger partial charge in [-0.2, -0.15) is 13.2 Å². The molecule has 2 aliphatic rings. The average molecular weight is 278 g/mol. The third-order valence-electron chi connectivity index (χ3n) is 4.26. The van der Waals surface area contributed by atoms with E-state index in [1.807, 2.05) is 0 Å². The maximum Gasteiger partial charge on any atom is 0.401 e. The van der Waals surface area contributed by atoms with Crippen LogP contribution in [0.25, 0.3) is 0 Å². The topological polar surface area (TPSA) is 15.3 Å². The van der Waals surface area contributed by atoms with E-state index in [2.05, 4.69) is 19.2 Å². The highest BCUT2D eigenvalue weighted by molar-refractivity contribution is 4.89. The molecule has 0 aromatic rings. The van der Waals surface area contributed by atoms with Crippen molar-refractivity contribution in [1.29, 1.82) is 0 Å². The summed E-state index contributed by atoms with van der Waals surface area (Å²) in [6, 6.07) is 0.552. The lowest BCUT2D eigenvalue weighted by molar-refractivity contribution is -0.143. The SMILES string of the molecule is CC(C)[C@@H](NC[C@H]1CCN(CC(F)(F)F)C1)C1CC1. The summed E-state index contributed by atoms with van der Waals surface area (Å²) in [7, 11) is 0. The Bertz CT molecular complexity index is 285. The van der Waals surface area contributed by atoms with Gasteiger partial charge in [0.25, 0.3) is 0 Å². The molecule has 0 radical (unpaired) electrons. The number of nitrogens with zero attached hydrogens (tertiary/aromatic N) is 1. The van der Waals surface area contributed by atoms with Gasteiger partial charge in [-0.05, 0) is 50.1 Å². The Hall–Kier alpha value is -0.290. The van der Waals surface area contributed by atoms with Crippen LogP contribution in [0.4, 0.5) is 13.2 Å². The average Bonchev–Trinajstić information content (AvgIpc) is 2.99. The predicted molar refractivity (Wildman–Crippen MR) is 70.0 cm³/mol. The molecule has 19 heavy (non-hydrogen) atoms. The van der Waals surface area contributed by atoms with Crippen LogP contribution in [0.5, 0.6) is 0 Å². The molecule has 0 aromatic carbocycles. The van der Waals surface area contributed by atoms with Crippen molar-refractivity contribution in [2.24, 2.45) is 17.8 Å². The fraction of sp³-hybridized carbons (Fsp3) is 1.00. The Morgan fingerprint density at radius 2 is 1.89 bits per heavy atom. The largest absolute Gasteiger partial charge is 0.401 e. The highest BCUT2D eigenvalue weighted by atomic mass is 19.4. The second-order valence-corrected chi connectivity index (χ2v) is 6.52. The number of nitrogens with one attached hydrogen (secondary N) is 1. The predicted octanol–water partition coefficient (Wildman–Crippen LogP) is 2.89. The summed E-state index contributed by atoms with van der Waals surface area (Å²) >= 11 is 0. The van der Waals surface area contributed by atoms with Crippen LogP contribution in [-0.4, -0.2) is 43.3 Å². The molecule has 5 heteroatoms. The lowest BCUT2D eigenvalue weighted by atomic mass is 9.98. The zero-order valence-electron chi connectivity index (χ0n) is 11.8. The summed E-state index contributed by atoms with van der Waals surface area (Å²) in [5.41, 5.74) is 0. The van der Waals surface area contributed by atoms with Gasteiger partial charge in [0.15, 0.2) is 0 Å². The minimum atomic E-state index is -4.06. The second kappa shape index (κ2) is 6.00. The van der Waals surface area contributed by atoms with Crippen molar-refractivity contribution in [3.8, 4) is 0 Å². The van der Waals surface area contributed by atoms with Gasteiger partial charge in [-0.1, -0.05) is 13.8 Å². The van der Waals surface area contributed by atoms with E-state index in [0.717, 1.165) is 18.9 Å². The molecule has 0 bridgehead atoms. The first kappa shape index (κ1) is 15.1. The molecule has 112 valence electrons. The molecule has 0 unspecified atom stereocenters. The zero-order valence-corrected chi connectivity index (χ0v) is 11.8. The molecular weight excluding hydrogens is 253 g/mol. The highest BCUT2D eigenvalue weighted by Gasteiger charge is 2.36. The van der Waals surface area contributed by atoms with E-state index in [1.165, 1.54) is 17.7 Å². The molecule has 1 aliphatic heterocycles. The first-order chi connectivity index (χ1) is 8.85. The van der Waals surface area contributed by atoms with Crippen LogP contribution in [0.15, 0.2) is 0 Å². The van der Waals surface area contributed by atoms with Crippen molar-refractivity contribution < 1.29 is 13.2 Å².